The molecule has 0 saturated carbocycles. The predicted octanol–water partition coefficient (Wildman–Crippen LogP) is 4.31. The summed E-state index contributed by atoms with van der Waals surface area (Å²) >= 11 is 0. The Morgan fingerprint density at radius 2 is 1.38 bits per heavy atom. The Morgan fingerprint density at radius 3 is 1.79 bits per heavy atom. The van der Waals surface area contributed by atoms with Gasteiger partial charge in [0.15, 0.2) is 5.60 Å². The second-order valence-corrected chi connectivity index (χ2v) is 5.70. The lowest BCUT2D eigenvalue weighted by Crippen LogP contribution is -2.28. The summed E-state index contributed by atoms with van der Waals surface area (Å²) in [5.74, 6) is 6.78. The summed E-state index contributed by atoms with van der Waals surface area (Å²) in [6, 6.07) is 20.5. The zero-order valence-corrected chi connectivity index (χ0v) is 15.0. The number of ether oxygens (including phenoxy) is 1. The molecule has 0 spiro atoms. The molecule has 2 nitrogen and oxygen atoms in total. The zero-order chi connectivity index (χ0) is 17.3. The first-order chi connectivity index (χ1) is 11.8. The Morgan fingerprint density at radius 1 is 0.875 bits per heavy atom. The van der Waals surface area contributed by atoms with Crippen molar-refractivity contribution in [2.45, 2.75) is 25.9 Å². The average molecular weight is 321 g/mol. The first-order valence-electron chi connectivity index (χ1n) is 8.65. The summed E-state index contributed by atoms with van der Waals surface area (Å²) in [7, 11) is 1.74. The monoisotopic (exact) mass is 321 g/mol. The third-order valence-corrected chi connectivity index (χ3v) is 4.38. The van der Waals surface area contributed by atoms with Gasteiger partial charge in [0.2, 0.25) is 0 Å². The molecule has 0 aliphatic carbocycles. The van der Waals surface area contributed by atoms with Gasteiger partial charge in [-0.2, -0.15) is 0 Å². The number of benzene rings is 2. The van der Waals surface area contributed by atoms with Crippen LogP contribution in [0, 0.1) is 11.8 Å². The van der Waals surface area contributed by atoms with Gasteiger partial charge < -0.3 is 9.64 Å². The van der Waals surface area contributed by atoms with Crippen LogP contribution in [0.25, 0.3) is 0 Å². The SMILES string of the molecule is CCN(CC)CCC#CC(OC)(c1ccccc1)c1ccccc1. The molecule has 126 valence electrons. The van der Waals surface area contributed by atoms with Crippen LogP contribution in [0.5, 0.6) is 0 Å². The highest BCUT2D eigenvalue weighted by molar-refractivity contribution is 5.44. The Hall–Kier alpha value is -2.08. The maximum atomic E-state index is 5.98. The molecule has 2 aromatic rings. The van der Waals surface area contributed by atoms with Gasteiger partial charge >= 0.3 is 0 Å². The van der Waals surface area contributed by atoms with Crippen molar-refractivity contribution in [2.75, 3.05) is 26.7 Å². The van der Waals surface area contributed by atoms with E-state index in [1.807, 2.05) is 36.4 Å². The van der Waals surface area contributed by atoms with E-state index in [9.17, 15) is 0 Å². The quantitative estimate of drug-likeness (QED) is 0.705. The van der Waals surface area contributed by atoms with Gasteiger partial charge in [-0.1, -0.05) is 86.4 Å². The van der Waals surface area contributed by atoms with Gasteiger partial charge in [-0.3, -0.25) is 0 Å². The van der Waals surface area contributed by atoms with Crippen LogP contribution in [0.2, 0.25) is 0 Å². The van der Waals surface area contributed by atoms with Crippen molar-refractivity contribution in [3.63, 3.8) is 0 Å². The number of nitrogens with zero attached hydrogens (tertiary/aromatic N) is 1. The lowest BCUT2D eigenvalue weighted by atomic mass is 9.86. The van der Waals surface area contributed by atoms with Crippen LogP contribution >= 0.6 is 0 Å². The topological polar surface area (TPSA) is 12.5 Å². The minimum atomic E-state index is -0.716. The first-order valence-corrected chi connectivity index (χ1v) is 8.65. The molecular formula is C22H27NO. The van der Waals surface area contributed by atoms with E-state index in [2.05, 4.69) is 54.9 Å². The van der Waals surface area contributed by atoms with Crippen LogP contribution < -0.4 is 0 Å². The molecule has 2 heteroatoms. The standard InChI is InChI=1S/C22H27NO/c1-4-23(5-2)19-13-12-18-22(24-3,20-14-8-6-9-15-20)21-16-10-7-11-17-21/h6-11,14-17H,4-5,13,19H2,1-3H3. The van der Waals surface area contributed by atoms with E-state index in [4.69, 9.17) is 4.74 Å². The highest BCUT2D eigenvalue weighted by Crippen LogP contribution is 2.32. The zero-order valence-electron chi connectivity index (χ0n) is 15.0. The largest absolute Gasteiger partial charge is 0.357 e. The van der Waals surface area contributed by atoms with E-state index in [-0.39, 0.29) is 0 Å². The van der Waals surface area contributed by atoms with E-state index in [0.29, 0.717) is 0 Å². The van der Waals surface area contributed by atoms with Crippen LogP contribution in [0.1, 0.15) is 31.4 Å². The molecule has 0 aliphatic rings. The van der Waals surface area contributed by atoms with Crippen LogP contribution in [-0.4, -0.2) is 31.6 Å². The van der Waals surface area contributed by atoms with Crippen molar-refractivity contribution < 1.29 is 4.74 Å². The second-order valence-electron chi connectivity index (χ2n) is 5.70. The molecule has 0 bridgehead atoms. The highest BCUT2D eigenvalue weighted by Gasteiger charge is 2.32. The van der Waals surface area contributed by atoms with E-state index in [0.717, 1.165) is 37.2 Å². The predicted molar refractivity (Wildman–Crippen MR) is 101 cm³/mol. The Labute approximate surface area is 146 Å². The number of rotatable bonds is 7. The van der Waals surface area contributed by atoms with Crippen LogP contribution in [0.4, 0.5) is 0 Å². The van der Waals surface area contributed by atoms with Crippen molar-refractivity contribution in [2.24, 2.45) is 0 Å². The number of hydrogen-bond acceptors (Lipinski definition) is 2. The average Bonchev–Trinajstić information content (AvgIpc) is 2.67. The molecule has 0 aromatic heterocycles. The fourth-order valence-corrected chi connectivity index (χ4v) is 2.88. The summed E-state index contributed by atoms with van der Waals surface area (Å²) in [6.07, 6.45) is 0.840. The lowest BCUT2D eigenvalue weighted by Gasteiger charge is -2.28. The van der Waals surface area contributed by atoms with Gasteiger partial charge in [0.25, 0.3) is 0 Å². The van der Waals surface area contributed by atoms with Crippen molar-refractivity contribution in [1.29, 1.82) is 0 Å². The van der Waals surface area contributed by atoms with Gasteiger partial charge in [0.05, 0.1) is 0 Å². The molecule has 0 amide bonds. The van der Waals surface area contributed by atoms with Crippen molar-refractivity contribution in [3.05, 3.63) is 71.8 Å². The fourth-order valence-electron chi connectivity index (χ4n) is 2.88. The van der Waals surface area contributed by atoms with Crippen molar-refractivity contribution >= 4 is 0 Å². The molecule has 0 N–H and O–H groups in total. The maximum Gasteiger partial charge on any atom is 0.179 e. The first kappa shape index (κ1) is 18.3. The molecule has 0 unspecified atom stereocenters. The van der Waals surface area contributed by atoms with Crippen LogP contribution in [0.3, 0.4) is 0 Å². The molecule has 0 saturated heterocycles. The normalized spacial score (nSPS) is 11.2. The molecule has 2 rings (SSSR count). The Balaban J connectivity index is 2.34. The summed E-state index contributed by atoms with van der Waals surface area (Å²) < 4.78 is 5.98. The van der Waals surface area contributed by atoms with Gasteiger partial charge in [-0.15, -0.1) is 0 Å². The van der Waals surface area contributed by atoms with E-state index in [1.54, 1.807) is 7.11 Å². The highest BCUT2D eigenvalue weighted by atomic mass is 16.5. The second kappa shape index (κ2) is 9.27. The number of hydrogen-bond donors (Lipinski definition) is 0. The maximum absolute atomic E-state index is 5.98. The minimum absolute atomic E-state index is 0.716. The molecule has 0 atom stereocenters. The smallest absolute Gasteiger partial charge is 0.179 e. The Kier molecular flexibility index (Phi) is 7.06. The number of methoxy groups -OCH3 is 1. The van der Waals surface area contributed by atoms with Crippen molar-refractivity contribution in [3.8, 4) is 11.8 Å². The van der Waals surface area contributed by atoms with Crippen LogP contribution in [-0.2, 0) is 10.3 Å². The molecule has 0 aliphatic heterocycles. The summed E-state index contributed by atoms with van der Waals surface area (Å²) in [5, 5.41) is 0. The van der Waals surface area contributed by atoms with Gasteiger partial charge in [0.1, 0.15) is 0 Å². The molecule has 0 radical (unpaired) electrons. The van der Waals surface area contributed by atoms with E-state index in [1.165, 1.54) is 0 Å². The molecule has 2 aromatic carbocycles. The van der Waals surface area contributed by atoms with Crippen molar-refractivity contribution in [1.82, 2.24) is 4.90 Å². The summed E-state index contributed by atoms with van der Waals surface area (Å²) in [5.41, 5.74) is 1.41. The van der Waals surface area contributed by atoms with Gasteiger partial charge in [-0.25, -0.2) is 0 Å². The van der Waals surface area contributed by atoms with E-state index >= 15 is 0 Å². The summed E-state index contributed by atoms with van der Waals surface area (Å²) in [4.78, 5) is 2.38. The molecule has 0 heterocycles. The Bertz CT molecular complexity index is 611. The van der Waals surface area contributed by atoms with E-state index < -0.39 is 5.60 Å². The minimum Gasteiger partial charge on any atom is -0.357 e. The lowest BCUT2D eigenvalue weighted by molar-refractivity contribution is 0.0741. The fraction of sp³-hybridized carbons (Fsp3) is 0.364. The molecular weight excluding hydrogens is 294 g/mol. The van der Waals surface area contributed by atoms with Gasteiger partial charge in [0, 0.05) is 31.2 Å². The third kappa shape index (κ3) is 4.26. The summed E-state index contributed by atoms with van der Waals surface area (Å²) in [6.45, 7) is 7.48. The third-order valence-electron chi connectivity index (χ3n) is 4.38. The van der Waals surface area contributed by atoms with Gasteiger partial charge in [-0.05, 0) is 13.1 Å². The van der Waals surface area contributed by atoms with Crippen LogP contribution in [0.15, 0.2) is 60.7 Å². The molecule has 0 fully saturated rings. The molecule has 24 heavy (non-hydrogen) atoms.